The van der Waals surface area contributed by atoms with E-state index >= 15 is 0 Å². The molecular weight excluding hydrogens is 384 g/mol. The van der Waals surface area contributed by atoms with Crippen LogP contribution in [0, 0.1) is 0 Å². The van der Waals surface area contributed by atoms with Crippen LogP contribution in [-0.2, 0) is 12.8 Å². The number of halogens is 1. The van der Waals surface area contributed by atoms with E-state index in [1.807, 2.05) is 44.2 Å². The van der Waals surface area contributed by atoms with Crippen molar-refractivity contribution >= 4 is 11.6 Å². The zero-order valence-corrected chi connectivity index (χ0v) is 19.9. The lowest BCUT2D eigenvalue weighted by molar-refractivity contribution is 1.09. The second-order valence-electron chi connectivity index (χ2n) is 6.65. The molecule has 1 heteroatoms. The van der Waals surface area contributed by atoms with E-state index in [0.29, 0.717) is 5.03 Å². The van der Waals surface area contributed by atoms with Crippen molar-refractivity contribution in [1.29, 1.82) is 0 Å². The maximum atomic E-state index is 6.09. The van der Waals surface area contributed by atoms with Gasteiger partial charge >= 0.3 is 0 Å². The van der Waals surface area contributed by atoms with Gasteiger partial charge in [-0.1, -0.05) is 124 Å². The van der Waals surface area contributed by atoms with Crippen molar-refractivity contribution in [2.45, 2.75) is 47.0 Å². The molecule has 0 nitrogen and oxygen atoms in total. The molecule has 0 bridgehead atoms. The number of rotatable bonds is 10. The topological polar surface area (TPSA) is 0 Å². The first-order valence-corrected chi connectivity index (χ1v) is 10.9. The molecule has 0 spiro atoms. The Kier molecular flexibility index (Phi) is 15.8. The summed E-state index contributed by atoms with van der Waals surface area (Å²) in [5.41, 5.74) is 6.13. The number of hydrogen-bond acceptors (Lipinski definition) is 0. The molecule has 0 fully saturated rings. The summed E-state index contributed by atoms with van der Waals surface area (Å²) in [6.07, 6.45) is 20.2. The zero-order chi connectivity index (χ0) is 22.8. The molecule has 0 unspecified atom stereocenters. The quantitative estimate of drug-likeness (QED) is 0.331. The maximum absolute atomic E-state index is 6.09. The minimum absolute atomic E-state index is 0.651. The Labute approximate surface area is 190 Å². The van der Waals surface area contributed by atoms with Crippen LogP contribution in [0.1, 0.15) is 45.2 Å². The third-order valence-electron chi connectivity index (χ3n) is 4.34. The normalized spacial score (nSPS) is 12.6. The van der Waals surface area contributed by atoms with Gasteiger partial charge in [-0.25, -0.2) is 0 Å². The van der Waals surface area contributed by atoms with Crippen LogP contribution >= 0.6 is 11.6 Å². The largest absolute Gasteiger partial charge is 0.0991 e. The minimum Gasteiger partial charge on any atom is -0.0991 e. The highest BCUT2D eigenvalue weighted by Gasteiger charge is 2.03. The summed E-state index contributed by atoms with van der Waals surface area (Å²) >= 11 is 6.09. The van der Waals surface area contributed by atoms with Crippen LogP contribution in [-0.4, -0.2) is 0 Å². The molecule has 160 valence electrons. The van der Waals surface area contributed by atoms with Crippen LogP contribution in [0.15, 0.2) is 120 Å². The average Bonchev–Trinajstić information content (AvgIpc) is 2.77. The smallest absolute Gasteiger partial charge is 0.0406 e. The Morgan fingerprint density at radius 2 is 1.57 bits per heavy atom. The first kappa shape index (κ1) is 27.4. The van der Waals surface area contributed by atoms with E-state index < -0.39 is 0 Å². The molecule has 30 heavy (non-hydrogen) atoms. The minimum atomic E-state index is 0.651. The Bertz CT molecular complexity index is 808. The van der Waals surface area contributed by atoms with Crippen LogP contribution in [0.25, 0.3) is 0 Å². The highest BCUT2D eigenvalue weighted by molar-refractivity contribution is 6.31. The van der Waals surface area contributed by atoms with E-state index in [2.05, 4.69) is 70.0 Å². The molecule has 0 aromatic heterocycles. The van der Waals surface area contributed by atoms with Gasteiger partial charge < -0.3 is 0 Å². The first-order chi connectivity index (χ1) is 14.4. The SMILES string of the molecule is C=C/C=C\C=C\C.C=C\C(Cl)=C/C(=C\C)C(=C/C(=C)Cc1ccc(CC)cc1)/CC. The second-order valence-corrected chi connectivity index (χ2v) is 7.09. The van der Waals surface area contributed by atoms with Crippen molar-refractivity contribution in [3.63, 3.8) is 0 Å². The third kappa shape index (κ3) is 12.1. The number of aryl methyl sites for hydroxylation is 1. The van der Waals surface area contributed by atoms with E-state index in [1.165, 1.54) is 16.7 Å². The number of benzene rings is 1. The molecule has 0 N–H and O–H groups in total. The third-order valence-corrected chi connectivity index (χ3v) is 4.61. The van der Waals surface area contributed by atoms with Crippen molar-refractivity contribution in [2.24, 2.45) is 0 Å². The van der Waals surface area contributed by atoms with Crippen molar-refractivity contribution in [3.8, 4) is 0 Å². The fourth-order valence-corrected chi connectivity index (χ4v) is 2.78. The first-order valence-electron chi connectivity index (χ1n) is 10.5. The van der Waals surface area contributed by atoms with Crippen LogP contribution in [0.2, 0.25) is 0 Å². The monoisotopic (exact) mass is 420 g/mol. The summed E-state index contributed by atoms with van der Waals surface area (Å²) in [7, 11) is 0. The lowest BCUT2D eigenvalue weighted by atomic mass is 9.97. The van der Waals surface area contributed by atoms with Crippen LogP contribution in [0.3, 0.4) is 0 Å². The molecule has 0 aliphatic rings. The molecule has 1 aromatic rings. The average molecular weight is 421 g/mol. The Morgan fingerprint density at radius 3 is 2.03 bits per heavy atom. The molecular formula is C29H37Cl. The number of hydrogen-bond donors (Lipinski definition) is 0. The van der Waals surface area contributed by atoms with Gasteiger partial charge in [-0.2, -0.15) is 0 Å². The van der Waals surface area contributed by atoms with Gasteiger partial charge in [-0.15, -0.1) is 0 Å². The van der Waals surface area contributed by atoms with Gasteiger partial charge in [0.15, 0.2) is 0 Å². The molecule has 0 saturated carbocycles. The summed E-state index contributed by atoms with van der Waals surface area (Å²) in [6.45, 7) is 19.8. The molecule has 0 aliphatic heterocycles. The standard InChI is InChI=1S/C22H27Cl.C7H10/c1-6-18-10-12-19(13-11-18)14-17(5)15-20(7-2)21(8-3)16-22(23)9-4;1-3-5-7-6-4-2/h8-13,15-16H,4-7,14H2,1-3H3;3-7H,1H2,2H3/b20-15+,21-8+,22-16+;6-4+,7-5-. The van der Waals surface area contributed by atoms with Crippen molar-refractivity contribution in [1.82, 2.24) is 0 Å². The van der Waals surface area contributed by atoms with Gasteiger partial charge in [0, 0.05) is 5.03 Å². The van der Waals surface area contributed by atoms with E-state index in [0.717, 1.165) is 30.4 Å². The molecule has 0 atom stereocenters. The summed E-state index contributed by atoms with van der Waals surface area (Å²) in [5.74, 6) is 0. The highest BCUT2D eigenvalue weighted by Crippen LogP contribution is 2.22. The summed E-state index contributed by atoms with van der Waals surface area (Å²) in [6, 6.07) is 8.76. The number of allylic oxidation sites excluding steroid dienone is 13. The van der Waals surface area contributed by atoms with Crippen molar-refractivity contribution in [3.05, 3.63) is 132 Å². The van der Waals surface area contributed by atoms with Crippen LogP contribution in [0.5, 0.6) is 0 Å². The van der Waals surface area contributed by atoms with Crippen molar-refractivity contribution < 1.29 is 0 Å². The van der Waals surface area contributed by atoms with Crippen molar-refractivity contribution in [2.75, 3.05) is 0 Å². The molecule has 0 heterocycles. The fraction of sp³-hybridized carbons (Fsp3) is 0.241. The summed E-state index contributed by atoms with van der Waals surface area (Å²) < 4.78 is 0. The molecule has 1 aromatic carbocycles. The van der Waals surface area contributed by atoms with Gasteiger partial charge in [-0.3, -0.25) is 0 Å². The molecule has 0 radical (unpaired) electrons. The predicted molar refractivity (Wildman–Crippen MR) is 139 cm³/mol. The highest BCUT2D eigenvalue weighted by atomic mass is 35.5. The maximum Gasteiger partial charge on any atom is 0.0406 e. The van der Waals surface area contributed by atoms with Gasteiger partial charge in [0.05, 0.1) is 0 Å². The summed E-state index contributed by atoms with van der Waals surface area (Å²) in [5, 5.41) is 0.651. The lowest BCUT2D eigenvalue weighted by Crippen LogP contribution is -1.92. The van der Waals surface area contributed by atoms with Gasteiger partial charge in [0.1, 0.15) is 0 Å². The Morgan fingerprint density at radius 1 is 0.933 bits per heavy atom. The van der Waals surface area contributed by atoms with E-state index in [1.54, 1.807) is 12.2 Å². The van der Waals surface area contributed by atoms with Crippen LogP contribution < -0.4 is 0 Å². The fourth-order valence-electron chi connectivity index (χ4n) is 2.66. The van der Waals surface area contributed by atoms with Crippen LogP contribution in [0.4, 0.5) is 0 Å². The molecule has 0 saturated heterocycles. The molecule has 0 aliphatic carbocycles. The second kappa shape index (κ2) is 17.3. The Hall–Kier alpha value is -2.57. The van der Waals surface area contributed by atoms with E-state index in [-0.39, 0.29) is 0 Å². The summed E-state index contributed by atoms with van der Waals surface area (Å²) in [4.78, 5) is 0. The molecule has 1 rings (SSSR count). The van der Waals surface area contributed by atoms with Gasteiger partial charge in [0.25, 0.3) is 0 Å². The predicted octanol–water partition coefficient (Wildman–Crippen LogP) is 9.24. The lowest BCUT2D eigenvalue weighted by Gasteiger charge is -2.09. The Balaban J connectivity index is 0.00000103. The van der Waals surface area contributed by atoms with Gasteiger partial charge in [-0.05, 0) is 61.5 Å². The van der Waals surface area contributed by atoms with Gasteiger partial charge in [0.2, 0.25) is 0 Å². The van der Waals surface area contributed by atoms with E-state index in [9.17, 15) is 0 Å². The van der Waals surface area contributed by atoms with E-state index in [4.69, 9.17) is 11.6 Å². The zero-order valence-electron chi connectivity index (χ0n) is 19.1. The molecule has 0 amide bonds.